The van der Waals surface area contributed by atoms with Crippen molar-refractivity contribution in [3.63, 3.8) is 0 Å². The molecule has 0 bridgehead atoms. The van der Waals surface area contributed by atoms with Crippen LogP contribution in [0.3, 0.4) is 0 Å². The molecular formula is C11H20N2. The summed E-state index contributed by atoms with van der Waals surface area (Å²) in [6.07, 6.45) is 6.24. The minimum Gasteiger partial charge on any atom is -0.316 e. The van der Waals surface area contributed by atoms with Crippen molar-refractivity contribution >= 4 is 0 Å². The van der Waals surface area contributed by atoms with Gasteiger partial charge in [-0.15, -0.1) is 6.58 Å². The van der Waals surface area contributed by atoms with Gasteiger partial charge < -0.3 is 5.32 Å². The fourth-order valence-electron chi connectivity index (χ4n) is 1.93. The zero-order valence-corrected chi connectivity index (χ0v) is 8.34. The largest absolute Gasteiger partial charge is 0.316 e. The highest BCUT2D eigenvalue weighted by molar-refractivity contribution is 4.89. The average Bonchev–Trinajstić information content (AvgIpc) is 2.82. The maximum Gasteiger partial charge on any atom is 0.0163 e. The van der Waals surface area contributed by atoms with Crippen LogP contribution in [0.25, 0.3) is 0 Å². The van der Waals surface area contributed by atoms with Crippen LogP contribution in [0.2, 0.25) is 0 Å². The Morgan fingerprint density at radius 3 is 2.62 bits per heavy atom. The van der Waals surface area contributed by atoms with E-state index >= 15 is 0 Å². The molecule has 1 saturated carbocycles. The SMILES string of the molecule is C=CCN(CCC1CNC1)C1CC1. The third-order valence-electron chi connectivity index (χ3n) is 3.12. The van der Waals surface area contributed by atoms with E-state index in [0.29, 0.717) is 0 Å². The van der Waals surface area contributed by atoms with Gasteiger partial charge in [0.1, 0.15) is 0 Å². The Labute approximate surface area is 81.0 Å². The second-order valence-electron chi connectivity index (χ2n) is 4.33. The molecule has 0 atom stereocenters. The molecule has 0 unspecified atom stereocenters. The molecule has 2 aliphatic rings. The van der Waals surface area contributed by atoms with Gasteiger partial charge in [0.05, 0.1) is 0 Å². The molecule has 2 nitrogen and oxygen atoms in total. The Kier molecular flexibility index (Phi) is 3.01. The van der Waals surface area contributed by atoms with E-state index in [1.807, 2.05) is 6.08 Å². The summed E-state index contributed by atoms with van der Waals surface area (Å²) in [5.41, 5.74) is 0. The van der Waals surface area contributed by atoms with Crippen LogP contribution in [-0.2, 0) is 0 Å². The molecule has 1 saturated heterocycles. The molecule has 2 heteroatoms. The van der Waals surface area contributed by atoms with E-state index in [1.165, 1.54) is 38.9 Å². The molecule has 2 fully saturated rings. The molecule has 0 aromatic heterocycles. The van der Waals surface area contributed by atoms with Crippen LogP contribution in [0, 0.1) is 5.92 Å². The average molecular weight is 180 g/mol. The highest BCUT2D eigenvalue weighted by atomic mass is 15.2. The van der Waals surface area contributed by atoms with Crippen LogP contribution in [0.15, 0.2) is 12.7 Å². The summed E-state index contributed by atoms with van der Waals surface area (Å²) < 4.78 is 0. The van der Waals surface area contributed by atoms with Gasteiger partial charge in [0.25, 0.3) is 0 Å². The Balaban J connectivity index is 1.65. The highest BCUT2D eigenvalue weighted by Gasteiger charge is 2.28. The summed E-state index contributed by atoms with van der Waals surface area (Å²) in [4.78, 5) is 2.59. The van der Waals surface area contributed by atoms with Crippen molar-refractivity contribution in [3.05, 3.63) is 12.7 Å². The summed E-state index contributed by atoms with van der Waals surface area (Å²) in [5, 5.41) is 3.32. The Hall–Kier alpha value is -0.340. The highest BCUT2D eigenvalue weighted by Crippen LogP contribution is 2.27. The van der Waals surface area contributed by atoms with Gasteiger partial charge in [-0.3, -0.25) is 4.90 Å². The lowest BCUT2D eigenvalue weighted by Crippen LogP contribution is -2.43. The first-order valence-electron chi connectivity index (χ1n) is 5.46. The van der Waals surface area contributed by atoms with Crippen LogP contribution < -0.4 is 5.32 Å². The van der Waals surface area contributed by atoms with Gasteiger partial charge in [-0.25, -0.2) is 0 Å². The third kappa shape index (κ3) is 2.55. The van der Waals surface area contributed by atoms with E-state index in [-0.39, 0.29) is 0 Å². The molecule has 0 aromatic rings. The lowest BCUT2D eigenvalue weighted by atomic mass is 9.99. The molecule has 1 heterocycles. The fourth-order valence-corrected chi connectivity index (χ4v) is 1.93. The van der Waals surface area contributed by atoms with Gasteiger partial charge in [0.2, 0.25) is 0 Å². The Bertz CT molecular complexity index is 171. The van der Waals surface area contributed by atoms with Crippen molar-refractivity contribution in [1.82, 2.24) is 10.2 Å². The van der Waals surface area contributed by atoms with Gasteiger partial charge >= 0.3 is 0 Å². The molecule has 1 N–H and O–H groups in total. The van der Waals surface area contributed by atoms with Gasteiger partial charge in [0.15, 0.2) is 0 Å². The maximum atomic E-state index is 3.82. The second kappa shape index (κ2) is 4.25. The zero-order chi connectivity index (χ0) is 9.10. The van der Waals surface area contributed by atoms with Gasteiger partial charge in [-0.05, 0) is 44.8 Å². The maximum absolute atomic E-state index is 3.82. The van der Waals surface area contributed by atoms with Crippen molar-refractivity contribution < 1.29 is 0 Å². The summed E-state index contributed by atoms with van der Waals surface area (Å²) in [5.74, 6) is 0.950. The zero-order valence-electron chi connectivity index (χ0n) is 8.34. The van der Waals surface area contributed by atoms with E-state index in [0.717, 1.165) is 18.5 Å². The minimum absolute atomic E-state index is 0.894. The van der Waals surface area contributed by atoms with Gasteiger partial charge in [-0.2, -0.15) is 0 Å². The van der Waals surface area contributed by atoms with E-state index in [9.17, 15) is 0 Å². The number of nitrogens with one attached hydrogen (secondary N) is 1. The summed E-state index contributed by atoms with van der Waals surface area (Å²) in [6.45, 7) is 8.67. The van der Waals surface area contributed by atoms with Crippen molar-refractivity contribution in [2.75, 3.05) is 26.2 Å². The van der Waals surface area contributed by atoms with Crippen molar-refractivity contribution in [1.29, 1.82) is 0 Å². The first-order valence-corrected chi connectivity index (χ1v) is 5.46. The summed E-state index contributed by atoms with van der Waals surface area (Å²) in [7, 11) is 0. The quantitative estimate of drug-likeness (QED) is 0.619. The second-order valence-corrected chi connectivity index (χ2v) is 4.33. The molecule has 0 amide bonds. The number of rotatable bonds is 6. The first kappa shape index (κ1) is 9.22. The van der Waals surface area contributed by atoms with Crippen molar-refractivity contribution in [3.8, 4) is 0 Å². The van der Waals surface area contributed by atoms with Crippen molar-refractivity contribution in [2.24, 2.45) is 5.92 Å². The van der Waals surface area contributed by atoms with Gasteiger partial charge in [0, 0.05) is 12.6 Å². The normalized spacial score (nSPS) is 23.2. The third-order valence-corrected chi connectivity index (χ3v) is 3.12. The van der Waals surface area contributed by atoms with Crippen LogP contribution in [0.1, 0.15) is 19.3 Å². The van der Waals surface area contributed by atoms with E-state index in [1.54, 1.807) is 0 Å². The van der Waals surface area contributed by atoms with E-state index < -0.39 is 0 Å². The lowest BCUT2D eigenvalue weighted by molar-refractivity contribution is 0.235. The van der Waals surface area contributed by atoms with Crippen LogP contribution in [-0.4, -0.2) is 37.1 Å². The van der Waals surface area contributed by atoms with Crippen LogP contribution in [0.5, 0.6) is 0 Å². The minimum atomic E-state index is 0.894. The molecule has 0 spiro atoms. The summed E-state index contributed by atoms with van der Waals surface area (Å²) >= 11 is 0. The van der Waals surface area contributed by atoms with Crippen molar-refractivity contribution in [2.45, 2.75) is 25.3 Å². The van der Waals surface area contributed by atoms with E-state index in [2.05, 4.69) is 16.8 Å². The molecule has 0 aromatic carbocycles. The molecule has 2 rings (SSSR count). The topological polar surface area (TPSA) is 15.3 Å². The number of hydrogen-bond donors (Lipinski definition) is 1. The summed E-state index contributed by atoms with van der Waals surface area (Å²) in [6, 6.07) is 0.894. The molecule has 0 radical (unpaired) electrons. The number of nitrogens with zero attached hydrogens (tertiary/aromatic N) is 1. The Morgan fingerprint density at radius 1 is 1.38 bits per heavy atom. The predicted molar refractivity (Wildman–Crippen MR) is 55.8 cm³/mol. The number of hydrogen-bond acceptors (Lipinski definition) is 2. The van der Waals surface area contributed by atoms with Crippen LogP contribution >= 0.6 is 0 Å². The van der Waals surface area contributed by atoms with E-state index in [4.69, 9.17) is 0 Å². The fraction of sp³-hybridized carbons (Fsp3) is 0.818. The molecule has 1 aliphatic carbocycles. The molecular weight excluding hydrogens is 160 g/mol. The molecule has 13 heavy (non-hydrogen) atoms. The Morgan fingerprint density at radius 2 is 2.15 bits per heavy atom. The smallest absolute Gasteiger partial charge is 0.0163 e. The van der Waals surface area contributed by atoms with Crippen LogP contribution in [0.4, 0.5) is 0 Å². The standard InChI is InChI=1S/C11H20N2/c1-2-6-13(11-3-4-11)7-5-10-8-12-9-10/h2,10-12H,1,3-9H2. The van der Waals surface area contributed by atoms with Gasteiger partial charge in [-0.1, -0.05) is 6.08 Å². The monoisotopic (exact) mass is 180 g/mol. The predicted octanol–water partition coefficient (Wildman–Crippen LogP) is 1.25. The lowest BCUT2D eigenvalue weighted by Gasteiger charge is -2.30. The molecule has 1 aliphatic heterocycles. The first-order chi connectivity index (χ1) is 6.40. The molecule has 74 valence electrons.